The molecule has 5 heteroatoms. The number of fused-ring (bicyclic) bond motifs is 1. The van der Waals surface area contributed by atoms with Gasteiger partial charge < -0.3 is 9.73 Å². The van der Waals surface area contributed by atoms with Crippen LogP contribution in [0, 0.1) is 13.8 Å². The summed E-state index contributed by atoms with van der Waals surface area (Å²) in [4.78, 5) is 21.0. The third-order valence-electron chi connectivity index (χ3n) is 4.06. The topological polar surface area (TPSA) is 68.0 Å². The second-order valence-electron chi connectivity index (χ2n) is 6.27. The number of rotatable bonds is 3. The van der Waals surface area contributed by atoms with Crippen LogP contribution in [0.3, 0.4) is 0 Å². The van der Waals surface area contributed by atoms with Crippen LogP contribution in [0.1, 0.15) is 21.5 Å². The predicted molar refractivity (Wildman–Crippen MR) is 101 cm³/mol. The summed E-state index contributed by atoms with van der Waals surface area (Å²) in [6.45, 7) is 3.96. The van der Waals surface area contributed by atoms with E-state index in [4.69, 9.17) is 4.42 Å². The van der Waals surface area contributed by atoms with Crippen molar-refractivity contribution in [3.63, 3.8) is 0 Å². The summed E-state index contributed by atoms with van der Waals surface area (Å²) in [6.07, 6.45) is 3.39. The smallest absolute Gasteiger partial charge is 0.255 e. The number of amides is 1. The Balaban J connectivity index is 1.62. The third kappa shape index (κ3) is 3.19. The van der Waals surface area contributed by atoms with Crippen molar-refractivity contribution in [1.82, 2.24) is 9.97 Å². The Hall–Kier alpha value is -3.47. The van der Waals surface area contributed by atoms with Gasteiger partial charge in [-0.15, -0.1) is 0 Å². The molecule has 0 atom stereocenters. The summed E-state index contributed by atoms with van der Waals surface area (Å²) < 4.78 is 5.78. The molecule has 128 valence electrons. The molecule has 0 saturated heterocycles. The summed E-state index contributed by atoms with van der Waals surface area (Å²) in [6, 6.07) is 14.9. The highest BCUT2D eigenvalue weighted by molar-refractivity contribution is 6.05. The van der Waals surface area contributed by atoms with Gasteiger partial charge in [0.2, 0.25) is 5.89 Å². The van der Waals surface area contributed by atoms with E-state index in [-0.39, 0.29) is 5.91 Å². The second-order valence-corrected chi connectivity index (χ2v) is 6.27. The van der Waals surface area contributed by atoms with Crippen LogP contribution in [-0.2, 0) is 0 Å². The minimum absolute atomic E-state index is 0.144. The Morgan fingerprint density at radius 3 is 2.42 bits per heavy atom. The van der Waals surface area contributed by atoms with Crippen LogP contribution >= 0.6 is 0 Å². The minimum atomic E-state index is -0.144. The summed E-state index contributed by atoms with van der Waals surface area (Å²) in [5.41, 5.74) is 5.65. The lowest BCUT2D eigenvalue weighted by Gasteiger charge is -2.07. The van der Waals surface area contributed by atoms with E-state index in [9.17, 15) is 4.79 Å². The maximum Gasteiger partial charge on any atom is 0.255 e. The van der Waals surface area contributed by atoms with Crippen molar-refractivity contribution < 1.29 is 9.21 Å². The van der Waals surface area contributed by atoms with Gasteiger partial charge in [0.05, 0.1) is 0 Å². The van der Waals surface area contributed by atoms with Gasteiger partial charge in [-0.25, -0.2) is 4.98 Å². The lowest BCUT2D eigenvalue weighted by molar-refractivity contribution is 0.102. The Kier molecular flexibility index (Phi) is 3.97. The fraction of sp³-hybridized carbons (Fsp3) is 0.0952. The standard InChI is InChI=1S/C21H17N3O2/c1-13-9-14(2)11-16(10-13)20(25)23-17-3-4-19-18(12-17)24-21(26-19)15-5-7-22-8-6-15/h3-12H,1-2H3,(H,23,25). The molecule has 0 bridgehead atoms. The van der Waals surface area contributed by atoms with Crippen LogP contribution in [0.5, 0.6) is 0 Å². The lowest BCUT2D eigenvalue weighted by Crippen LogP contribution is -2.12. The van der Waals surface area contributed by atoms with Gasteiger partial charge >= 0.3 is 0 Å². The van der Waals surface area contributed by atoms with E-state index in [1.165, 1.54) is 0 Å². The second kappa shape index (κ2) is 6.44. The maximum absolute atomic E-state index is 12.5. The van der Waals surface area contributed by atoms with E-state index < -0.39 is 0 Å². The number of nitrogens with one attached hydrogen (secondary N) is 1. The summed E-state index contributed by atoms with van der Waals surface area (Å²) in [5, 5.41) is 2.92. The van der Waals surface area contributed by atoms with Crippen LogP contribution in [0.15, 0.2) is 65.3 Å². The highest BCUT2D eigenvalue weighted by Crippen LogP contribution is 2.26. The first-order valence-corrected chi connectivity index (χ1v) is 8.29. The number of oxazole rings is 1. The van der Waals surface area contributed by atoms with E-state index in [0.29, 0.717) is 28.2 Å². The van der Waals surface area contributed by atoms with E-state index in [1.807, 2.05) is 62.4 Å². The Bertz CT molecular complexity index is 1080. The predicted octanol–water partition coefficient (Wildman–Crippen LogP) is 4.76. The number of carbonyl (C=O) groups excluding carboxylic acids is 1. The molecular formula is C21H17N3O2. The van der Waals surface area contributed by atoms with Crippen molar-refractivity contribution >= 4 is 22.7 Å². The number of carbonyl (C=O) groups is 1. The molecule has 4 aromatic rings. The average molecular weight is 343 g/mol. The van der Waals surface area contributed by atoms with Crippen LogP contribution in [-0.4, -0.2) is 15.9 Å². The number of benzene rings is 2. The molecule has 2 heterocycles. The van der Waals surface area contributed by atoms with Gasteiger partial charge in [0.15, 0.2) is 5.58 Å². The highest BCUT2D eigenvalue weighted by atomic mass is 16.3. The van der Waals surface area contributed by atoms with Gasteiger partial charge in [-0.1, -0.05) is 17.2 Å². The summed E-state index contributed by atoms with van der Waals surface area (Å²) in [5.74, 6) is 0.384. The average Bonchev–Trinajstić information content (AvgIpc) is 3.05. The van der Waals surface area contributed by atoms with Crippen molar-refractivity contribution in [3.05, 3.63) is 77.6 Å². The highest BCUT2D eigenvalue weighted by Gasteiger charge is 2.11. The molecular weight excluding hydrogens is 326 g/mol. The quantitative estimate of drug-likeness (QED) is 0.582. The Morgan fingerprint density at radius 1 is 0.962 bits per heavy atom. The van der Waals surface area contributed by atoms with Crippen LogP contribution in [0.25, 0.3) is 22.6 Å². The number of anilines is 1. The number of pyridine rings is 1. The van der Waals surface area contributed by atoms with Crippen molar-refractivity contribution in [2.45, 2.75) is 13.8 Å². The fourth-order valence-corrected chi connectivity index (χ4v) is 2.93. The number of aromatic nitrogens is 2. The molecule has 0 unspecified atom stereocenters. The normalized spacial score (nSPS) is 10.8. The molecule has 1 amide bonds. The Morgan fingerprint density at radius 2 is 1.69 bits per heavy atom. The van der Waals surface area contributed by atoms with Gasteiger partial charge in [0.25, 0.3) is 5.91 Å². The number of aryl methyl sites for hydroxylation is 2. The molecule has 4 rings (SSSR count). The molecule has 0 aliphatic carbocycles. The van der Waals surface area contributed by atoms with Crippen molar-refractivity contribution in [2.24, 2.45) is 0 Å². The van der Waals surface area contributed by atoms with Gasteiger partial charge in [-0.05, 0) is 56.3 Å². The zero-order valence-corrected chi connectivity index (χ0v) is 14.5. The first-order valence-electron chi connectivity index (χ1n) is 8.29. The number of nitrogens with zero attached hydrogens (tertiary/aromatic N) is 2. The van der Waals surface area contributed by atoms with Gasteiger partial charge in [0.1, 0.15) is 5.52 Å². The SMILES string of the molecule is Cc1cc(C)cc(C(=O)Nc2ccc3oc(-c4ccncc4)nc3c2)c1. The fourth-order valence-electron chi connectivity index (χ4n) is 2.93. The van der Waals surface area contributed by atoms with Crippen molar-refractivity contribution in [1.29, 1.82) is 0 Å². The Labute approximate surface area is 150 Å². The molecule has 0 fully saturated rings. The zero-order valence-electron chi connectivity index (χ0n) is 14.5. The first kappa shape index (κ1) is 16.0. The monoisotopic (exact) mass is 343 g/mol. The van der Waals surface area contributed by atoms with Gasteiger partial charge in [-0.2, -0.15) is 0 Å². The molecule has 2 aromatic carbocycles. The largest absolute Gasteiger partial charge is 0.436 e. The molecule has 0 aliphatic rings. The van der Waals surface area contributed by atoms with Crippen molar-refractivity contribution in [3.8, 4) is 11.5 Å². The molecule has 2 aromatic heterocycles. The molecule has 0 aliphatic heterocycles. The molecule has 1 N–H and O–H groups in total. The molecule has 26 heavy (non-hydrogen) atoms. The third-order valence-corrected chi connectivity index (χ3v) is 4.06. The van der Waals surface area contributed by atoms with Gasteiger partial charge in [-0.3, -0.25) is 9.78 Å². The van der Waals surface area contributed by atoms with Crippen LogP contribution in [0.2, 0.25) is 0 Å². The molecule has 5 nitrogen and oxygen atoms in total. The number of hydrogen-bond donors (Lipinski definition) is 1. The lowest BCUT2D eigenvalue weighted by atomic mass is 10.1. The van der Waals surface area contributed by atoms with Crippen molar-refractivity contribution in [2.75, 3.05) is 5.32 Å². The minimum Gasteiger partial charge on any atom is -0.436 e. The van der Waals surface area contributed by atoms with E-state index in [1.54, 1.807) is 12.4 Å². The first-order chi connectivity index (χ1) is 12.6. The summed E-state index contributed by atoms with van der Waals surface area (Å²) >= 11 is 0. The molecule has 0 saturated carbocycles. The van der Waals surface area contributed by atoms with Crippen LogP contribution in [0.4, 0.5) is 5.69 Å². The van der Waals surface area contributed by atoms with Crippen LogP contribution < -0.4 is 5.32 Å². The zero-order chi connectivity index (χ0) is 18.1. The van der Waals surface area contributed by atoms with E-state index in [2.05, 4.69) is 15.3 Å². The molecule has 0 spiro atoms. The van der Waals surface area contributed by atoms with Gasteiger partial charge in [0, 0.05) is 29.2 Å². The summed E-state index contributed by atoms with van der Waals surface area (Å²) in [7, 11) is 0. The number of hydrogen-bond acceptors (Lipinski definition) is 4. The van der Waals surface area contributed by atoms with E-state index >= 15 is 0 Å². The van der Waals surface area contributed by atoms with E-state index in [0.717, 1.165) is 16.7 Å². The maximum atomic E-state index is 12.5. The molecule has 0 radical (unpaired) electrons.